The van der Waals surface area contributed by atoms with Crippen LogP contribution in [0.5, 0.6) is 5.75 Å². The molecule has 92 valence electrons. The third-order valence-electron chi connectivity index (χ3n) is 3.32. The Balaban J connectivity index is 1.94. The largest absolute Gasteiger partial charge is 0.485 e. The van der Waals surface area contributed by atoms with E-state index in [1.807, 2.05) is 0 Å². The van der Waals surface area contributed by atoms with Crippen molar-refractivity contribution in [3.05, 3.63) is 53.0 Å². The number of ether oxygens (including phenoxy) is 1. The quantitative estimate of drug-likeness (QED) is 0.702. The zero-order valence-electron chi connectivity index (χ0n) is 10.1. The molecule has 0 aliphatic heterocycles. The lowest BCUT2D eigenvalue weighted by atomic mass is 10.1. The summed E-state index contributed by atoms with van der Waals surface area (Å²) >= 11 is 3.66. The molecule has 1 nitrogen and oxygen atoms in total. The predicted octanol–water partition coefficient (Wildman–Crippen LogP) is 5.09. The second-order valence-corrected chi connectivity index (χ2v) is 5.41. The van der Waals surface area contributed by atoms with Crippen LogP contribution in [0.4, 0.5) is 0 Å². The fourth-order valence-corrected chi connectivity index (χ4v) is 2.93. The van der Waals surface area contributed by atoms with E-state index in [0.29, 0.717) is 0 Å². The molecule has 0 N–H and O–H groups in total. The van der Waals surface area contributed by atoms with Gasteiger partial charge in [0.2, 0.25) is 0 Å². The van der Waals surface area contributed by atoms with Gasteiger partial charge in [0.15, 0.2) is 0 Å². The molecule has 1 aliphatic carbocycles. The summed E-state index contributed by atoms with van der Waals surface area (Å²) in [7, 11) is 0. The Morgan fingerprint density at radius 3 is 2.83 bits per heavy atom. The van der Waals surface area contributed by atoms with Crippen LogP contribution >= 0.6 is 15.9 Å². The molecule has 18 heavy (non-hydrogen) atoms. The van der Waals surface area contributed by atoms with Crippen molar-refractivity contribution in [3.8, 4) is 5.75 Å². The van der Waals surface area contributed by atoms with E-state index >= 15 is 0 Å². The average Bonchev–Trinajstić information content (AvgIpc) is 2.43. The molecule has 1 aliphatic rings. The van der Waals surface area contributed by atoms with Crippen LogP contribution in [0.25, 0.3) is 10.8 Å². The third kappa shape index (κ3) is 2.30. The zero-order chi connectivity index (χ0) is 12.4. The van der Waals surface area contributed by atoms with Crippen LogP contribution in [0, 0.1) is 0 Å². The van der Waals surface area contributed by atoms with Crippen LogP contribution in [0.15, 0.2) is 53.0 Å². The van der Waals surface area contributed by atoms with Crippen LogP contribution in [0.3, 0.4) is 0 Å². The molecule has 0 aromatic heterocycles. The summed E-state index contributed by atoms with van der Waals surface area (Å²) < 4.78 is 7.12. The minimum atomic E-state index is 0.219. The van der Waals surface area contributed by atoms with E-state index in [2.05, 4.69) is 64.5 Å². The lowest BCUT2D eigenvalue weighted by Crippen LogP contribution is -2.15. The van der Waals surface area contributed by atoms with Gasteiger partial charge in [-0.25, -0.2) is 0 Å². The SMILES string of the molecule is Brc1c(OC2C=CCCC2)ccc2ccccc12. The summed E-state index contributed by atoms with van der Waals surface area (Å²) in [5, 5.41) is 2.44. The van der Waals surface area contributed by atoms with E-state index < -0.39 is 0 Å². The minimum absolute atomic E-state index is 0.219. The molecule has 0 spiro atoms. The molecular formula is C16H15BrO. The molecule has 0 fully saturated rings. The van der Waals surface area contributed by atoms with Crippen molar-refractivity contribution in [3.63, 3.8) is 0 Å². The number of halogens is 1. The molecule has 2 aromatic carbocycles. The lowest BCUT2D eigenvalue weighted by molar-refractivity contribution is 0.229. The molecule has 1 atom stereocenters. The minimum Gasteiger partial charge on any atom is -0.485 e. The number of fused-ring (bicyclic) bond motifs is 1. The van der Waals surface area contributed by atoms with Gasteiger partial charge >= 0.3 is 0 Å². The normalized spacial score (nSPS) is 19.1. The van der Waals surface area contributed by atoms with Crippen LogP contribution in [-0.2, 0) is 0 Å². The topological polar surface area (TPSA) is 9.23 Å². The molecule has 0 bridgehead atoms. The maximum atomic E-state index is 6.06. The molecular weight excluding hydrogens is 288 g/mol. The highest BCUT2D eigenvalue weighted by atomic mass is 79.9. The van der Waals surface area contributed by atoms with Crippen molar-refractivity contribution >= 4 is 26.7 Å². The fraction of sp³-hybridized carbons (Fsp3) is 0.250. The van der Waals surface area contributed by atoms with Crippen molar-refractivity contribution in [2.24, 2.45) is 0 Å². The Hall–Kier alpha value is -1.28. The van der Waals surface area contributed by atoms with E-state index in [1.165, 1.54) is 23.6 Å². The molecule has 0 saturated heterocycles. The monoisotopic (exact) mass is 302 g/mol. The standard InChI is InChI=1S/C16H15BrO/c17-16-14-9-5-4-6-12(14)10-11-15(16)18-13-7-2-1-3-8-13/h2,4-7,9-11,13H,1,3,8H2. The first kappa shape index (κ1) is 11.8. The van der Waals surface area contributed by atoms with Crippen molar-refractivity contribution in [2.45, 2.75) is 25.4 Å². The van der Waals surface area contributed by atoms with E-state index in [-0.39, 0.29) is 6.10 Å². The molecule has 0 heterocycles. The van der Waals surface area contributed by atoms with Gasteiger partial charge in [0.1, 0.15) is 11.9 Å². The van der Waals surface area contributed by atoms with Gasteiger partial charge in [-0.05, 0) is 58.1 Å². The number of hydrogen-bond donors (Lipinski definition) is 0. The Bertz CT molecular complexity index is 589. The summed E-state index contributed by atoms with van der Waals surface area (Å²) in [6.45, 7) is 0. The smallest absolute Gasteiger partial charge is 0.135 e. The number of benzene rings is 2. The Labute approximate surface area is 116 Å². The van der Waals surface area contributed by atoms with Gasteiger partial charge in [-0.15, -0.1) is 0 Å². The third-order valence-corrected chi connectivity index (χ3v) is 4.13. The maximum Gasteiger partial charge on any atom is 0.135 e. The number of hydrogen-bond acceptors (Lipinski definition) is 1. The van der Waals surface area contributed by atoms with Gasteiger partial charge in [-0.1, -0.05) is 36.4 Å². The van der Waals surface area contributed by atoms with E-state index in [9.17, 15) is 0 Å². The van der Waals surface area contributed by atoms with Gasteiger partial charge in [0.25, 0.3) is 0 Å². The van der Waals surface area contributed by atoms with E-state index in [4.69, 9.17) is 4.74 Å². The zero-order valence-corrected chi connectivity index (χ0v) is 11.7. The lowest BCUT2D eigenvalue weighted by Gasteiger charge is -2.19. The molecule has 2 aromatic rings. The highest BCUT2D eigenvalue weighted by Crippen LogP contribution is 2.34. The molecule has 3 rings (SSSR count). The predicted molar refractivity (Wildman–Crippen MR) is 79.1 cm³/mol. The van der Waals surface area contributed by atoms with Crippen molar-refractivity contribution in [1.82, 2.24) is 0 Å². The maximum absolute atomic E-state index is 6.06. The number of allylic oxidation sites excluding steroid dienone is 1. The van der Waals surface area contributed by atoms with Gasteiger partial charge in [0.05, 0.1) is 4.47 Å². The van der Waals surface area contributed by atoms with Crippen LogP contribution in [-0.4, -0.2) is 6.10 Å². The van der Waals surface area contributed by atoms with Crippen LogP contribution in [0.1, 0.15) is 19.3 Å². The van der Waals surface area contributed by atoms with Gasteiger partial charge in [-0.3, -0.25) is 0 Å². The van der Waals surface area contributed by atoms with Crippen LogP contribution in [0.2, 0.25) is 0 Å². The Kier molecular flexibility index (Phi) is 3.37. The van der Waals surface area contributed by atoms with Gasteiger partial charge < -0.3 is 4.74 Å². The summed E-state index contributed by atoms with van der Waals surface area (Å²) in [6, 6.07) is 12.5. The summed E-state index contributed by atoms with van der Waals surface area (Å²) in [6.07, 6.45) is 8.10. The average molecular weight is 303 g/mol. The molecule has 2 heteroatoms. The van der Waals surface area contributed by atoms with Crippen molar-refractivity contribution in [1.29, 1.82) is 0 Å². The first-order valence-corrected chi connectivity index (χ1v) is 7.14. The van der Waals surface area contributed by atoms with Gasteiger partial charge in [-0.2, -0.15) is 0 Å². The first-order chi connectivity index (χ1) is 8.84. The summed E-state index contributed by atoms with van der Waals surface area (Å²) in [5.74, 6) is 0.935. The van der Waals surface area contributed by atoms with Crippen molar-refractivity contribution < 1.29 is 4.74 Å². The molecule has 1 unspecified atom stereocenters. The molecule has 0 amide bonds. The molecule has 0 radical (unpaired) electrons. The van der Waals surface area contributed by atoms with E-state index in [1.54, 1.807) is 0 Å². The Morgan fingerprint density at radius 1 is 1.11 bits per heavy atom. The second kappa shape index (κ2) is 5.15. The number of rotatable bonds is 2. The second-order valence-electron chi connectivity index (χ2n) is 4.61. The first-order valence-electron chi connectivity index (χ1n) is 6.35. The fourth-order valence-electron chi connectivity index (χ4n) is 2.35. The van der Waals surface area contributed by atoms with Crippen LogP contribution < -0.4 is 4.74 Å². The van der Waals surface area contributed by atoms with Crippen molar-refractivity contribution in [2.75, 3.05) is 0 Å². The van der Waals surface area contributed by atoms with E-state index in [0.717, 1.165) is 16.6 Å². The highest BCUT2D eigenvalue weighted by Gasteiger charge is 2.13. The summed E-state index contributed by atoms with van der Waals surface area (Å²) in [5.41, 5.74) is 0. The van der Waals surface area contributed by atoms with Gasteiger partial charge in [0, 0.05) is 0 Å². The highest BCUT2D eigenvalue weighted by molar-refractivity contribution is 9.10. The summed E-state index contributed by atoms with van der Waals surface area (Å²) in [4.78, 5) is 0. The Morgan fingerprint density at radius 2 is 2.00 bits per heavy atom. The molecule has 0 saturated carbocycles.